The highest BCUT2D eigenvalue weighted by Crippen LogP contribution is 2.33. The van der Waals surface area contributed by atoms with E-state index in [4.69, 9.17) is 30.9 Å². The average molecular weight is 657 g/mol. The molecule has 2 aromatic carbocycles. The van der Waals surface area contributed by atoms with Crippen molar-refractivity contribution in [2.24, 2.45) is 0 Å². The van der Waals surface area contributed by atoms with Crippen molar-refractivity contribution >= 4 is 22.8 Å². The van der Waals surface area contributed by atoms with Gasteiger partial charge in [-0.2, -0.15) is 4.98 Å². The van der Waals surface area contributed by atoms with Crippen LogP contribution in [0.15, 0.2) is 54.6 Å². The first-order chi connectivity index (χ1) is 22.1. The molecule has 8 atom stereocenters. The maximum atomic E-state index is 10.3. The minimum atomic E-state index is -1.66. The lowest BCUT2D eigenvalue weighted by molar-refractivity contribution is -0.118. The maximum absolute atomic E-state index is 10.3. The summed E-state index contributed by atoms with van der Waals surface area (Å²) >= 11 is 6.62. The van der Waals surface area contributed by atoms with Crippen LogP contribution in [-0.2, 0) is 16.0 Å². The van der Waals surface area contributed by atoms with Gasteiger partial charge < -0.3 is 49.8 Å². The van der Waals surface area contributed by atoms with Crippen LogP contribution in [0.1, 0.15) is 5.56 Å². The van der Waals surface area contributed by atoms with Crippen LogP contribution in [0, 0.1) is 0 Å². The molecule has 0 aliphatic carbocycles. The van der Waals surface area contributed by atoms with E-state index in [2.05, 4.69) is 15.0 Å². The fraction of sp³-hybridized carbons (Fsp3) is 0.438. The van der Waals surface area contributed by atoms with Crippen molar-refractivity contribution < 1.29 is 44.8 Å². The minimum Gasteiger partial charge on any atom is -0.456 e. The lowest BCUT2D eigenvalue weighted by Gasteiger charge is -2.28. The molecule has 2 fully saturated rings. The molecule has 46 heavy (non-hydrogen) atoms. The number of nitrogens with zero attached hydrogens (tertiary/aromatic N) is 3. The third-order valence-electron chi connectivity index (χ3n) is 8.37. The molecule has 246 valence electrons. The number of likely N-dealkylation sites (N-methyl/N-ethyl adjacent to an activating group) is 1. The van der Waals surface area contributed by atoms with E-state index in [0.29, 0.717) is 28.4 Å². The van der Waals surface area contributed by atoms with Gasteiger partial charge in [-0.15, -0.1) is 0 Å². The first-order valence-corrected chi connectivity index (χ1v) is 15.3. The van der Waals surface area contributed by atoms with Crippen LogP contribution in [0.25, 0.3) is 33.5 Å². The average Bonchev–Trinajstić information content (AvgIpc) is 3.76. The molecule has 4 heterocycles. The van der Waals surface area contributed by atoms with Gasteiger partial charge in [0.1, 0.15) is 36.6 Å². The predicted octanol–water partition coefficient (Wildman–Crippen LogP) is 0.719. The highest BCUT2D eigenvalue weighted by Gasteiger charge is 2.48. The molecule has 0 spiro atoms. The van der Waals surface area contributed by atoms with Crippen LogP contribution in [0.3, 0.4) is 0 Å². The number of nitrogens with one attached hydrogen (secondary N) is 1. The van der Waals surface area contributed by atoms with E-state index < -0.39 is 49.3 Å². The van der Waals surface area contributed by atoms with Gasteiger partial charge in [0.2, 0.25) is 0 Å². The third kappa shape index (κ3) is 6.89. The van der Waals surface area contributed by atoms with Gasteiger partial charge in [0.25, 0.3) is 6.01 Å². The van der Waals surface area contributed by atoms with Gasteiger partial charge in [-0.05, 0) is 29.8 Å². The van der Waals surface area contributed by atoms with E-state index in [1.807, 2.05) is 48.5 Å². The van der Waals surface area contributed by atoms with E-state index in [9.17, 15) is 25.5 Å². The van der Waals surface area contributed by atoms with Gasteiger partial charge in [0.15, 0.2) is 11.8 Å². The van der Waals surface area contributed by atoms with E-state index in [-0.39, 0.29) is 31.9 Å². The molecule has 7 N–H and O–H groups in total. The number of aliphatic hydroxyl groups is 6. The Kier molecular flexibility index (Phi) is 9.87. The topological polar surface area (TPSA) is 194 Å². The van der Waals surface area contributed by atoms with Crippen molar-refractivity contribution in [2.75, 3.05) is 33.4 Å². The number of fused-ring (bicyclic) bond motifs is 2. The third-order valence-corrected chi connectivity index (χ3v) is 8.66. The number of pyridine rings is 1. The number of hydrogen-bond donors (Lipinski definition) is 7. The predicted molar refractivity (Wildman–Crippen MR) is 167 cm³/mol. The minimum absolute atomic E-state index is 0.0465. The number of ether oxygens (including phenoxy) is 3. The summed E-state index contributed by atoms with van der Waals surface area (Å²) in [5.41, 5.74) is 5.42. The molecular weight excluding hydrogens is 620 g/mol. The van der Waals surface area contributed by atoms with Crippen molar-refractivity contribution in [2.45, 2.75) is 55.4 Å². The van der Waals surface area contributed by atoms with E-state index in [0.717, 1.165) is 22.3 Å². The van der Waals surface area contributed by atoms with E-state index >= 15 is 0 Å². The molecule has 0 unspecified atom stereocenters. The second-order valence-electron chi connectivity index (χ2n) is 11.8. The lowest BCUT2D eigenvalue weighted by Crippen LogP contribution is -2.49. The van der Waals surface area contributed by atoms with E-state index in [1.165, 1.54) is 0 Å². The summed E-state index contributed by atoms with van der Waals surface area (Å²) in [5.74, 6) is 0. The molecule has 0 saturated carbocycles. The quantitative estimate of drug-likeness (QED) is 0.113. The molecule has 2 aliphatic rings. The maximum Gasteiger partial charge on any atom is 0.296 e. The largest absolute Gasteiger partial charge is 0.456 e. The molecule has 2 saturated heterocycles. The van der Waals surface area contributed by atoms with Crippen molar-refractivity contribution in [3.8, 4) is 28.4 Å². The van der Waals surface area contributed by atoms with Gasteiger partial charge in [-0.1, -0.05) is 60.1 Å². The Morgan fingerprint density at radius 2 is 1.54 bits per heavy atom. The molecule has 6 rings (SSSR count). The Labute approximate surface area is 269 Å². The van der Waals surface area contributed by atoms with E-state index in [1.54, 1.807) is 18.0 Å². The normalized spacial score (nSPS) is 23.8. The smallest absolute Gasteiger partial charge is 0.296 e. The highest BCUT2D eigenvalue weighted by atomic mass is 35.5. The summed E-state index contributed by atoms with van der Waals surface area (Å²) in [6.07, 6.45) is -7.94. The van der Waals surface area contributed by atoms with Crippen LogP contribution in [0.4, 0.5) is 0 Å². The number of rotatable bonds is 12. The number of halogens is 1. The van der Waals surface area contributed by atoms with Crippen molar-refractivity contribution in [1.82, 2.24) is 19.9 Å². The summed E-state index contributed by atoms with van der Waals surface area (Å²) in [5, 5.41) is 59.0. The zero-order valence-corrected chi connectivity index (χ0v) is 25.7. The summed E-state index contributed by atoms with van der Waals surface area (Å²) < 4.78 is 17.2. The molecule has 4 aromatic rings. The first kappa shape index (κ1) is 32.7. The van der Waals surface area contributed by atoms with Crippen molar-refractivity contribution in [3.63, 3.8) is 0 Å². The molecule has 13 nitrogen and oxygen atoms in total. The summed E-state index contributed by atoms with van der Waals surface area (Å²) in [6.45, 7) is 0.297. The Morgan fingerprint density at radius 1 is 0.913 bits per heavy atom. The molecule has 14 heteroatoms. The van der Waals surface area contributed by atoms with Gasteiger partial charge in [0, 0.05) is 18.7 Å². The van der Waals surface area contributed by atoms with Gasteiger partial charge in [0.05, 0.1) is 42.2 Å². The molecule has 0 bridgehead atoms. The fourth-order valence-corrected chi connectivity index (χ4v) is 6.09. The van der Waals surface area contributed by atoms with Crippen LogP contribution in [-0.4, -0.2) is 133 Å². The number of benzene rings is 2. The molecular formula is C32H37ClN4O9. The summed E-state index contributed by atoms with van der Waals surface area (Å²) in [7, 11) is 1.76. The fourth-order valence-electron chi connectivity index (χ4n) is 5.83. The summed E-state index contributed by atoms with van der Waals surface area (Å²) in [6, 6.07) is 17.8. The monoisotopic (exact) mass is 656 g/mol. The van der Waals surface area contributed by atoms with Gasteiger partial charge in [-0.25, -0.2) is 4.98 Å². The number of H-pyrrole nitrogens is 1. The van der Waals surface area contributed by atoms with Crippen LogP contribution in [0.5, 0.6) is 6.01 Å². The zero-order valence-electron chi connectivity index (χ0n) is 25.0. The zero-order chi connectivity index (χ0) is 32.5. The van der Waals surface area contributed by atoms with Crippen LogP contribution < -0.4 is 4.74 Å². The van der Waals surface area contributed by atoms with Crippen LogP contribution in [0.2, 0.25) is 5.02 Å². The SMILES string of the molecule is CN(Cc1ccc(-c2ccc(-c3nc4nc(O[C@@H]5CO[C@H]6[C@@H]5OC[C@H]6O)[nH]c4cc3Cl)cc2)cc1)C[C@H](O)[C@@H](O)[C@H](O)[C@H](O)CO. The molecule has 0 amide bonds. The van der Waals surface area contributed by atoms with Gasteiger partial charge >= 0.3 is 0 Å². The summed E-state index contributed by atoms with van der Waals surface area (Å²) in [4.78, 5) is 14.1. The number of imidazole rings is 1. The molecule has 2 aromatic heterocycles. The Balaban J connectivity index is 1.08. The number of aromatic amines is 1. The van der Waals surface area contributed by atoms with Gasteiger partial charge in [-0.3, -0.25) is 4.90 Å². The number of hydrogen-bond acceptors (Lipinski definition) is 12. The standard InChI is InChI=1S/C32H37ClN4O9/c1-37(12-22(39)27(42)28(43)23(40)13-38)11-16-2-4-17(5-3-16)18-6-8-19(9-7-18)26-20(33)10-21-31(35-26)36-32(34-21)46-25-15-45-29-24(41)14-44-30(25)29/h2-10,22-25,27-30,38-43H,11-15H2,1H3,(H,34,35,36)/t22-,23+,24+,25+,27+,28+,29+,30+/m0/s1. The van der Waals surface area contributed by atoms with Crippen molar-refractivity contribution in [3.05, 3.63) is 65.2 Å². The second-order valence-corrected chi connectivity index (χ2v) is 12.2. The molecule has 2 aliphatic heterocycles. The second kappa shape index (κ2) is 13.9. The van der Waals surface area contributed by atoms with Crippen LogP contribution >= 0.6 is 11.6 Å². The Morgan fingerprint density at radius 3 is 2.24 bits per heavy atom. The lowest BCUT2D eigenvalue weighted by atomic mass is 10.0. The molecule has 0 radical (unpaired) electrons. The highest BCUT2D eigenvalue weighted by molar-refractivity contribution is 6.33. The number of aromatic nitrogens is 3. The number of aliphatic hydroxyl groups excluding tert-OH is 6. The Hall–Kier alpha value is -3.21. The van der Waals surface area contributed by atoms with Crippen molar-refractivity contribution in [1.29, 1.82) is 0 Å². The first-order valence-electron chi connectivity index (χ1n) is 15.0. The Bertz CT molecular complexity index is 1620.